The van der Waals surface area contributed by atoms with Crippen LogP contribution in [-0.2, 0) is 30.4 Å². The maximum Gasteiger partial charge on any atom is 0.326 e. The first-order valence-electron chi connectivity index (χ1n) is 9.69. The van der Waals surface area contributed by atoms with Crippen molar-refractivity contribution in [2.24, 2.45) is 5.73 Å². The van der Waals surface area contributed by atoms with Crippen LogP contribution in [0.15, 0.2) is 24.3 Å². The molecule has 0 unspecified atom stereocenters. The summed E-state index contributed by atoms with van der Waals surface area (Å²) in [5, 5.41) is 36.5. The largest absolute Gasteiger partial charge is 0.508 e. The summed E-state index contributed by atoms with van der Waals surface area (Å²) in [5.74, 6) is -4.43. The van der Waals surface area contributed by atoms with Gasteiger partial charge < -0.3 is 42.3 Å². The van der Waals surface area contributed by atoms with Gasteiger partial charge in [0, 0.05) is 12.2 Å². The fourth-order valence-electron chi connectivity index (χ4n) is 2.40. The zero-order chi connectivity index (χ0) is 25.0. The number of nitrogens with two attached hydrogens (primary N) is 1. The first-order valence-corrected chi connectivity index (χ1v) is 10.3. The van der Waals surface area contributed by atoms with Crippen LogP contribution in [0, 0.1) is 0 Å². The number of aliphatic hydroxyl groups is 1. The number of carbonyl (C=O) groups excluding carboxylic acids is 4. The Labute approximate surface area is 194 Å². The number of phenols is 1. The van der Waals surface area contributed by atoms with Gasteiger partial charge in [0.2, 0.25) is 23.6 Å². The molecule has 3 atom stereocenters. The van der Waals surface area contributed by atoms with Crippen LogP contribution in [0.2, 0.25) is 0 Å². The number of aliphatic carboxylic acids is 1. The molecule has 1 aromatic carbocycles. The molecule has 0 aliphatic heterocycles. The Morgan fingerprint density at radius 1 is 0.909 bits per heavy atom. The number of thiol groups is 1. The van der Waals surface area contributed by atoms with Crippen LogP contribution in [0.1, 0.15) is 5.56 Å². The molecule has 182 valence electrons. The summed E-state index contributed by atoms with van der Waals surface area (Å²) in [6.07, 6.45) is -0.0592. The molecule has 0 bridgehead atoms. The van der Waals surface area contributed by atoms with Crippen molar-refractivity contribution >= 4 is 42.2 Å². The molecule has 0 aliphatic rings. The predicted octanol–water partition coefficient (Wildman–Crippen LogP) is -3.53. The molecular formula is C19H27N5O8S. The number of aromatic hydroxyl groups is 1. The second-order valence-corrected chi connectivity index (χ2v) is 7.22. The average molecular weight is 486 g/mol. The van der Waals surface area contributed by atoms with E-state index < -0.39 is 67.4 Å². The van der Waals surface area contributed by atoms with E-state index in [2.05, 4.69) is 33.9 Å². The van der Waals surface area contributed by atoms with Crippen LogP contribution in [0.3, 0.4) is 0 Å². The number of hydrogen-bond donors (Lipinski definition) is 9. The van der Waals surface area contributed by atoms with Gasteiger partial charge in [-0.1, -0.05) is 12.1 Å². The second-order valence-electron chi connectivity index (χ2n) is 6.86. The van der Waals surface area contributed by atoms with Gasteiger partial charge in [0.25, 0.3) is 0 Å². The van der Waals surface area contributed by atoms with Crippen molar-refractivity contribution in [2.45, 2.75) is 24.5 Å². The third-order valence-corrected chi connectivity index (χ3v) is 4.59. The molecule has 1 aromatic rings. The van der Waals surface area contributed by atoms with Crippen molar-refractivity contribution in [3.8, 4) is 5.75 Å². The van der Waals surface area contributed by atoms with Crippen LogP contribution in [-0.4, -0.2) is 88.5 Å². The molecule has 4 amide bonds. The zero-order valence-electron chi connectivity index (χ0n) is 17.5. The number of carboxylic acids is 1. The Bertz CT molecular complexity index is 851. The number of hydrogen-bond acceptors (Lipinski definition) is 9. The van der Waals surface area contributed by atoms with Gasteiger partial charge in [-0.15, -0.1) is 0 Å². The van der Waals surface area contributed by atoms with E-state index in [0.717, 1.165) is 0 Å². The molecule has 0 spiro atoms. The first kappa shape index (κ1) is 27.7. The molecule has 1 rings (SSSR count). The van der Waals surface area contributed by atoms with E-state index >= 15 is 0 Å². The summed E-state index contributed by atoms with van der Waals surface area (Å²) in [5.41, 5.74) is 5.83. The van der Waals surface area contributed by atoms with E-state index in [9.17, 15) is 34.2 Å². The van der Waals surface area contributed by atoms with Crippen LogP contribution in [0.5, 0.6) is 5.75 Å². The lowest BCUT2D eigenvalue weighted by Gasteiger charge is -2.20. The Hall–Kier alpha value is -3.36. The van der Waals surface area contributed by atoms with Gasteiger partial charge in [0.15, 0.2) is 0 Å². The van der Waals surface area contributed by atoms with Crippen molar-refractivity contribution in [3.63, 3.8) is 0 Å². The number of benzene rings is 1. The Morgan fingerprint density at radius 3 is 2.06 bits per heavy atom. The number of carboxylic acid groups (broad SMARTS) is 1. The number of rotatable bonds is 13. The predicted molar refractivity (Wildman–Crippen MR) is 118 cm³/mol. The molecule has 13 nitrogen and oxygen atoms in total. The fourth-order valence-corrected chi connectivity index (χ4v) is 2.66. The molecule has 33 heavy (non-hydrogen) atoms. The Balaban J connectivity index is 2.54. The Morgan fingerprint density at radius 2 is 1.52 bits per heavy atom. The van der Waals surface area contributed by atoms with Crippen molar-refractivity contribution in [1.29, 1.82) is 0 Å². The summed E-state index contributed by atoms with van der Waals surface area (Å²) in [6, 6.07) is 2.13. The highest BCUT2D eigenvalue weighted by molar-refractivity contribution is 7.80. The quantitative estimate of drug-likeness (QED) is 0.126. The van der Waals surface area contributed by atoms with E-state index in [-0.39, 0.29) is 17.9 Å². The monoisotopic (exact) mass is 485 g/mol. The fraction of sp³-hybridized carbons (Fsp3) is 0.421. The summed E-state index contributed by atoms with van der Waals surface area (Å²) in [7, 11) is 0. The lowest BCUT2D eigenvalue weighted by Crippen LogP contribution is -2.54. The normalized spacial score (nSPS) is 13.2. The number of phenolic OH excluding ortho intramolecular Hbond substituents is 1. The molecule has 0 saturated heterocycles. The minimum atomic E-state index is -1.30. The third kappa shape index (κ3) is 10.2. The minimum absolute atomic E-state index is 0.00992. The number of carbonyl (C=O) groups is 5. The third-order valence-electron chi connectivity index (χ3n) is 4.23. The van der Waals surface area contributed by atoms with Gasteiger partial charge in [-0.3, -0.25) is 19.2 Å². The zero-order valence-corrected chi connectivity index (χ0v) is 18.4. The van der Waals surface area contributed by atoms with E-state index in [1.165, 1.54) is 24.3 Å². The molecule has 0 saturated carbocycles. The van der Waals surface area contributed by atoms with Crippen molar-refractivity contribution < 1.29 is 39.3 Å². The molecule has 0 fully saturated rings. The van der Waals surface area contributed by atoms with E-state index in [1.54, 1.807) is 0 Å². The van der Waals surface area contributed by atoms with Crippen LogP contribution in [0.4, 0.5) is 0 Å². The molecule has 0 aromatic heterocycles. The van der Waals surface area contributed by atoms with Gasteiger partial charge in [-0.25, -0.2) is 4.79 Å². The van der Waals surface area contributed by atoms with E-state index in [0.29, 0.717) is 5.56 Å². The van der Waals surface area contributed by atoms with Gasteiger partial charge in [-0.2, -0.15) is 12.6 Å². The number of amides is 4. The number of aliphatic hydroxyl groups excluding tert-OH is 1. The molecule has 0 aliphatic carbocycles. The highest BCUT2D eigenvalue weighted by Gasteiger charge is 2.26. The van der Waals surface area contributed by atoms with Crippen LogP contribution in [0.25, 0.3) is 0 Å². The minimum Gasteiger partial charge on any atom is -0.508 e. The van der Waals surface area contributed by atoms with Gasteiger partial charge in [0.05, 0.1) is 19.7 Å². The van der Waals surface area contributed by atoms with Crippen molar-refractivity contribution in [3.05, 3.63) is 29.8 Å². The van der Waals surface area contributed by atoms with Crippen LogP contribution >= 0.6 is 12.6 Å². The highest BCUT2D eigenvalue weighted by atomic mass is 32.1. The maximum absolute atomic E-state index is 12.4. The van der Waals surface area contributed by atoms with Crippen molar-refractivity contribution in [2.75, 3.05) is 25.4 Å². The lowest BCUT2D eigenvalue weighted by molar-refractivity contribution is -0.142. The first-order chi connectivity index (χ1) is 15.6. The van der Waals surface area contributed by atoms with Crippen molar-refractivity contribution in [1.82, 2.24) is 21.3 Å². The molecule has 14 heteroatoms. The maximum atomic E-state index is 12.4. The summed E-state index contributed by atoms with van der Waals surface area (Å²) < 4.78 is 0. The van der Waals surface area contributed by atoms with Gasteiger partial charge in [0.1, 0.15) is 23.9 Å². The second kappa shape index (κ2) is 13.9. The van der Waals surface area contributed by atoms with E-state index in [4.69, 9.17) is 10.8 Å². The SMILES string of the molecule is N[C@@H](CO)C(=O)NCC(=O)NCC(=O)N[C@@H](CS)C(=O)N[C@@H](Cc1ccc(O)cc1)C(=O)O. The number of nitrogens with one attached hydrogen (secondary N) is 4. The van der Waals surface area contributed by atoms with Gasteiger partial charge >= 0.3 is 5.97 Å². The topological polar surface area (TPSA) is 220 Å². The molecule has 0 radical (unpaired) electrons. The Kier molecular flexibility index (Phi) is 11.7. The lowest BCUT2D eigenvalue weighted by atomic mass is 10.1. The molecule has 0 heterocycles. The summed E-state index contributed by atoms with van der Waals surface area (Å²) in [4.78, 5) is 59.0. The summed E-state index contributed by atoms with van der Waals surface area (Å²) in [6.45, 7) is -1.59. The van der Waals surface area contributed by atoms with E-state index in [1.807, 2.05) is 0 Å². The summed E-state index contributed by atoms with van der Waals surface area (Å²) >= 11 is 3.99. The molecule has 9 N–H and O–H groups in total. The highest BCUT2D eigenvalue weighted by Crippen LogP contribution is 2.11. The van der Waals surface area contributed by atoms with Gasteiger partial charge in [-0.05, 0) is 17.7 Å². The smallest absolute Gasteiger partial charge is 0.326 e. The van der Waals surface area contributed by atoms with Crippen LogP contribution < -0.4 is 27.0 Å². The molecular weight excluding hydrogens is 458 g/mol. The standard InChI is InChI=1S/C19H27N5O8S/c20-12(8-25)17(29)22-6-15(27)21-7-16(28)23-14(9-33)18(30)24-13(19(31)32)5-10-1-3-11(26)4-2-10/h1-4,12-14,25-26,33H,5-9,20H2,(H,21,27)(H,22,29)(H,23,28)(H,24,30)(H,31,32)/t12-,13-,14-/m0/s1. The average Bonchev–Trinajstić information content (AvgIpc) is 2.79.